The van der Waals surface area contributed by atoms with Crippen molar-refractivity contribution in [2.24, 2.45) is 0 Å². The molecule has 1 aromatic heterocycles. The predicted octanol–water partition coefficient (Wildman–Crippen LogP) is 3.52. The lowest BCUT2D eigenvalue weighted by atomic mass is 10.2. The fourth-order valence-corrected chi connectivity index (χ4v) is 2.72. The quantitative estimate of drug-likeness (QED) is 0.843. The smallest absolute Gasteiger partial charge is 0.264 e. The van der Waals surface area contributed by atoms with Crippen molar-refractivity contribution in [1.29, 1.82) is 0 Å². The van der Waals surface area contributed by atoms with Gasteiger partial charge < -0.3 is 9.64 Å². The molecule has 0 spiro atoms. The van der Waals surface area contributed by atoms with Gasteiger partial charge in [0, 0.05) is 7.05 Å². The maximum atomic E-state index is 12.2. The normalized spacial score (nSPS) is 10.3. The molecule has 0 N–H and O–H groups in total. The van der Waals surface area contributed by atoms with Gasteiger partial charge in [0.05, 0.1) is 11.4 Å². The summed E-state index contributed by atoms with van der Waals surface area (Å²) < 4.78 is 5.64. The Balaban J connectivity index is 1.83. The number of hydrogen-bond acceptors (Lipinski definition) is 3. The number of thiophene rings is 1. The highest BCUT2D eigenvalue weighted by atomic mass is 32.1. The molecule has 0 saturated heterocycles. The fourth-order valence-electron chi connectivity index (χ4n) is 1.80. The molecule has 0 aliphatic heterocycles. The van der Waals surface area contributed by atoms with Crippen molar-refractivity contribution in [3.05, 3.63) is 51.7 Å². The number of benzene rings is 1. The monoisotopic (exact) mass is 289 g/mol. The molecule has 0 atom stereocenters. The summed E-state index contributed by atoms with van der Waals surface area (Å²) in [6, 6.07) is 9.88. The number of carbonyl (C=O) groups is 1. The third-order valence-electron chi connectivity index (χ3n) is 3.12. The summed E-state index contributed by atoms with van der Waals surface area (Å²) in [5.41, 5.74) is 2.24. The number of aryl methyl sites for hydroxylation is 2. The topological polar surface area (TPSA) is 29.5 Å². The lowest BCUT2D eigenvalue weighted by molar-refractivity contribution is 0.0778. The molecular weight excluding hydrogens is 270 g/mol. The van der Waals surface area contributed by atoms with E-state index in [4.69, 9.17) is 4.74 Å². The van der Waals surface area contributed by atoms with Crippen molar-refractivity contribution in [3.63, 3.8) is 0 Å². The average Bonchev–Trinajstić information content (AvgIpc) is 2.86. The molecule has 20 heavy (non-hydrogen) atoms. The highest BCUT2D eigenvalue weighted by Gasteiger charge is 2.15. The van der Waals surface area contributed by atoms with E-state index in [1.807, 2.05) is 49.6 Å². The predicted molar refractivity (Wildman–Crippen MR) is 82.7 cm³/mol. The van der Waals surface area contributed by atoms with Crippen molar-refractivity contribution in [2.75, 3.05) is 20.2 Å². The molecule has 0 radical (unpaired) electrons. The van der Waals surface area contributed by atoms with Crippen LogP contribution in [0.3, 0.4) is 0 Å². The molecule has 1 amide bonds. The van der Waals surface area contributed by atoms with Gasteiger partial charge in [-0.15, -0.1) is 11.3 Å². The van der Waals surface area contributed by atoms with Crippen LogP contribution in [0.5, 0.6) is 5.75 Å². The molecule has 0 fully saturated rings. The minimum atomic E-state index is 0.0602. The van der Waals surface area contributed by atoms with Gasteiger partial charge in [-0.3, -0.25) is 4.79 Å². The molecule has 106 valence electrons. The van der Waals surface area contributed by atoms with Gasteiger partial charge in [-0.05, 0) is 43.0 Å². The van der Waals surface area contributed by atoms with E-state index in [1.54, 1.807) is 11.9 Å². The van der Waals surface area contributed by atoms with Crippen LogP contribution in [0.1, 0.15) is 20.8 Å². The van der Waals surface area contributed by atoms with Crippen LogP contribution in [0, 0.1) is 13.8 Å². The second-order valence-electron chi connectivity index (χ2n) is 4.82. The Morgan fingerprint density at radius 3 is 2.50 bits per heavy atom. The Hall–Kier alpha value is -1.81. The standard InChI is InChI=1S/C16H19NO2S/c1-12-4-6-14(7-5-12)19-10-9-17(3)16(18)15-13(2)8-11-20-15/h4-8,11H,9-10H2,1-3H3. The van der Waals surface area contributed by atoms with Crippen molar-refractivity contribution in [2.45, 2.75) is 13.8 Å². The minimum Gasteiger partial charge on any atom is -0.492 e. The van der Waals surface area contributed by atoms with Gasteiger partial charge in [0.15, 0.2) is 0 Å². The number of carbonyl (C=O) groups excluding carboxylic acids is 1. The molecule has 0 unspecified atom stereocenters. The van der Waals surface area contributed by atoms with Crippen LogP contribution in [0.25, 0.3) is 0 Å². The second-order valence-corrected chi connectivity index (χ2v) is 5.74. The minimum absolute atomic E-state index is 0.0602. The second kappa shape index (κ2) is 6.57. The number of likely N-dealkylation sites (N-methyl/N-ethyl adjacent to an activating group) is 1. The molecule has 1 aromatic carbocycles. The lowest BCUT2D eigenvalue weighted by Gasteiger charge is -2.17. The van der Waals surface area contributed by atoms with Gasteiger partial charge in [-0.1, -0.05) is 17.7 Å². The van der Waals surface area contributed by atoms with E-state index < -0.39 is 0 Å². The van der Waals surface area contributed by atoms with Crippen molar-refractivity contribution in [3.8, 4) is 5.75 Å². The molecule has 2 aromatic rings. The van der Waals surface area contributed by atoms with E-state index in [9.17, 15) is 4.79 Å². The summed E-state index contributed by atoms with van der Waals surface area (Å²) in [7, 11) is 1.81. The first-order valence-corrected chi connectivity index (χ1v) is 7.45. The molecule has 1 heterocycles. The Kier molecular flexibility index (Phi) is 4.79. The Labute approximate surface area is 123 Å². The maximum Gasteiger partial charge on any atom is 0.264 e. The van der Waals surface area contributed by atoms with Crippen molar-refractivity contribution in [1.82, 2.24) is 4.90 Å². The van der Waals surface area contributed by atoms with Crippen LogP contribution in [0.4, 0.5) is 0 Å². The van der Waals surface area contributed by atoms with Crippen LogP contribution >= 0.6 is 11.3 Å². The van der Waals surface area contributed by atoms with Crippen LogP contribution in [-0.2, 0) is 0 Å². The van der Waals surface area contributed by atoms with Crippen molar-refractivity contribution >= 4 is 17.2 Å². The molecule has 3 nitrogen and oxygen atoms in total. The number of hydrogen-bond donors (Lipinski definition) is 0. The molecule has 0 aliphatic rings. The van der Waals surface area contributed by atoms with E-state index in [1.165, 1.54) is 16.9 Å². The third-order valence-corrected chi connectivity index (χ3v) is 4.12. The first-order valence-electron chi connectivity index (χ1n) is 6.57. The SMILES string of the molecule is Cc1ccc(OCCN(C)C(=O)c2sccc2C)cc1. The zero-order chi connectivity index (χ0) is 14.5. The first kappa shape index (κ1) is 14.6. The van der Waals surface area contributed by atoms with Crippen LogP contribution < -0.4 is 4.74 Å². The zero-order valence-electron chi connectivity index (χ0n) is 12.1. The lowest BCUT2D eigenvalue weighted by Crippen LogP contribution is -2.30. The number of amides is 1. The van der Waals surface area contributed by atoms with Crippen molar-refractivity contribution < 1.29 is 9.53 Å². The zero-order valence-corrected chi connectivity index (χ0v) is 12.9. The Morgan fingerprint density at radius 2 is 1.90 bits per heavy atom. The molecule has 0 aliphatic carbocycles. The van der Waals surface area contributed by atoms with E-state index >= 15 is 0 Å². The molecule has 4 heteroatoms. The third kappa shape index (κ3) is 3.61. The molecule has 2 rings (SSSR count). The van der Waals surface area contributed by atoms with E-state index in [0.29, 0.717) is 13.2 Å². The van der Waals surface area contributed by atoms with Gasteiger partial charge in [-0.25, -0.2) is 0 Å². The summed E-state index contributed by atoms with van der Waals surface area (Å²) in [4.78, 5) is 14.7. The molecule has 0 saturated carbocycles. The number of nitrogens with zero attached hydrogens (tertiary/aromatic N) is 1. The van der Waals surface area contributed by atoms with Gasteiger partial charge in [0.1, 0.15) is 12.4 Å². The Morgan fingerprint density at radius 1 is 1.20 bits per heavy atom. The molecular formula is C16H19NO2S. The summed E-state index contributed by atoms with van der Waals surface area (Å²) in [6.45, 7) is 5.07. The Bertz CT molecular complexity index is 574. The van der Waals surface area contributed by atoms with Crippen LogP contribution in [-0.4, -0.2) is 31.0 Å². The number of rotatable bonds is 5. The maximum absolute atomic E-state index is 12.2. The highest BCUT2D eigenvalue weighted by Crippen LogP contribution is 2.17. The summed E-state index contributed by atoms with van der Waals surface area (Å²) in [6.07, 6.45) is 0. The number of ether oxygens (including phenoxy) is 1. The summed E-state index contributed by atoms with van der Waals surface area (Å²) in [5.74, 6) is 0.897. The molecule has 0 bridgehead atoms. The summed E-state index contributed by atoms with van der Waals surface area (Å²) >= 11 is 1.49. The fraction of sp³-hybridized carbons (Fsp3) is 0.312. The van der Waals surface area contributed by atoms with Crippen LogP contribution in [0.15, 0.2) is 35.7 Å². The van der Waals surface area contributed by atoms with E-state index in [-0.39, 0.29) is 5.91 Å². The average molecular weight is 289 g/mol. The summed E-state index contributed by atoms with van der Waals surface area (Å²) in [5, 5.41) is 1.94. The van der Waals surface area contributed by atoms with Gasteiger partial charge in [-0.2, -0.15) is 0 Å². The van der Waals surface area contributed by atoms with E-state index in [0.717, 1.165) is 16.2 Å². The van der Waals surface area contributed by atoms with Gasteiger partial charge in [0.2, 0.25) is 0 Å². The van der Waals surface area contributed by atoms with Gasteiger partial charge in [0.25, 0.3) is 5.91 Å². The van der Waals surface area contributed by atoms with Gasteiger partial charge >= 0.3 is 0 Å². The first-order chi connectivity index (χ1) is 9.58. The van der Waals surface area contributed by atoms with Crippen LogP contribution in [0.2, 0.25) is 0 Å². The van der Waals surface area contributed by atoms with E-state index in [2.05, 4.69) is 0 Å². The largest absolute Gasteiger partial charge is 0.492 e. The highest BCUT2D eigenvalue weighted by molar-refractivity contribution is 7.12.